The zero-order valence-corrected chi connectivity index (χ0v) is 15.8. The highest BCUT2D eigenvalue weighted by Gasteiger charge is 2.13. The third-order valence-electron chi connectivity index (χ3n) is 5.48. The van der Waals surface area contributed by atoms with Crippen molar-refractivity contribution >= 4 is 43.6 Å². The number of fused-ring (bicyclic) bond motifs is 6. The molecule has 6 aromatic rings. The van der Waals surface area contributed by atoms with Crippen molar-refractivity contribution in [2.75, 3.05) is 6.61 Å². The number of aryl methyl sites for hydroxylation is 1. The van der Waals surface area contributed by atoms with Crippen LogP contribution in [0, 0.1) is 6.92 Å². The van der Waals surface area contributed by atoms with Crippen molar-refractivity contribution in [1.82, 2.24) is 30.2 Å². The Bertz CT molecular complexity index is 1510. The summed E-state index contributed by atoms with van der Waals surface area (Å²) in [5, 5.41) is 16.3. The van der Waals surface area contributed by atoms with E-state index < -0.39 is 0 Å². The first-order valence-corrected chi connectivity index (χ1v) is 9.58. The number of hydrogen-bond donors (Lipinski definition) is 2. The van der Waals surface area contributed by atoms with Crippen molar-refractivity contribution < 1.29 is 4.74 Å². The van der Waals surface area contributed by atoms with Crippen LogP contribution in [-0.2, 0) is 6.54 Å². The van der Waals surface area contributed by atoms with Crippen molar-refractivity contribution in [1.29, 1.82) is 0 Å². The third-order valence-corrected chi connectivity index (χ3v) is 5.48. The molecule has 142 valence electrons. The highest BCUT2D eigenvalue weighted by molar-refractivity contribution is 6.18. The first kappa shape index (κ1) is 16.1. The summed E-state index contributed by atoms with van der Waals surface area (Å²) < 4.78 is 7.89. The standard InChI is InChI=1S/C22H18N6O/c1-13-25-26-27-28(13)9-10-29-21-8-4-7-18-22(21)16-11-15-14-5-2-3-6-17(14)23-19(15)12-20(16)24-18/h2-8,11-12,23-24H,9-10H2,1H3. The molecule has 0 aliphatic rings. The van der Waals surface area contributed by atoms with Gasteiger partial charge in [-0.05, 0) is 47.7 Å². The van der Waals surface area contributed by atoms with Crippen LogP contribution in [0.4, 0.5) is 0 Å². The molecule has 29 heavy (non-hydrogen) atoms. The smallest absolute Gasteiger partial charge is 0.148 e. The molecule has 0 saturated carbocycles. The van der Waals surface area contributed by atoms with Gasteiger partial charge in [-0.1, -0.05) is 24.3 Å². The van der Waals surface area contributed by atoms with Gasteiger partial charge in [-0.15, -0.1) is 5.10 Å². The molecular formula is C22H18N6O. The van der Waals surface area contributed by atoms with Crippen LogP contribution in [0.5, 0.6) is 5.75 Å². The number of aromatic amines is 2. The average molecular weight is 382 g/mol. The molecule has 3 aromatic carbocycles. The second-order valence-electron chi connectivity index (χ2n) is 7.22. The van der Waals surface area contributed by atoms with Gasteiger partial charge in [0.15, 0.2) is 0 Å². The van der Waals surface area contributed by atoms with Gasteiger partial charge in [0, 0.05) is 38.1 Å². The molecule has 0 unspecified atom stereocenters. The molecule has 3 aromatic heterocycles. The monoisotopic (exact) mass is 382 g/mol. The number of tetrazole rings is 1. The molecular weight excluding hydrogens is 364 g/mol. The number of aromatic nitrogens is 6. The summed E-state index contributed by atoms with van der Waals surface area (Å²) in [6.07, 6.45) is 0. The second kappa shape index (κ2) is 6.07. The molecule has 7 nitrogen and oxygen atoms in total. The predicted octanol–water partition coefficient (Wildman–Crippen LogP) is 4.33. The molecule has 0 aliphatic carbocycles. The number of ether oxygens (including phenoxy) is 1. The van der Waals surface area contributed by atoms with Gasteiger partial charge in [-0.3, -0.25) is 0 Å². The number of hydrogen-bond acceptors (Lipinski definition) is 4. The van der Waals surface area contributed by atoms with Gasteiger partial charge in [0.05, 0.1) is 12.1 Å². The Morgan fingerprint density at radius 3 is 2.59 bits per heavy atom. The van der Waals surface area contributed by atoms with Crippen LogP contribution in [0.25, 0.3) is 43.6 Å². The lowest BCUT2D eigenvalue weighted by Gasteiger charge is -2.08. The normalized spacial score (nSPS) is 11.9. The summed E-state index contributed by atoms with van der Waals surface area (Å²) in [5.41, 5.74) is 4.43. The van der Waals surface area contributed by atoms with Crippen LogP contribution >= 0.6 is 0 Å². The van der Waals surface area contributed by atoms with Gasteiger partial charge < -0.3 is 14.7 Å². The lowest BCUT2D eigenvalue weighted by atomic mass is 10.1. The predicted molar refractivity (Wildman–Crippen MR) is 113 cm³/mol. The van der Waals surface area contributed by atoms with Crippen LogP contribution in [0.2, 0.25) is 0 Å². The van der Waals surface area contributed by atoms with Crippen molar-refractivity contribution in [3.63, 3.8) is 0 Å². The molecule has 2 N–H and O–H groups in total. The van der Waals surface area contributed by atoms with E-state index >= 15 is 0 Å². The van der Waals surface area contributed by atoms with Gasteiger partial charge in [-0.2, -0.15) is 0 Å². The molecule has 0 radical (unpaired) electrons. The summed E-state index contributed by atoms with van der Waals surface area (Å²) in [6, 6.07) is 18.9. The van der Waals surface area contributed by atoms with E-state index in [4.69, 9.17) is 4.74 Å². The zero-order valence-electron chi connectivity index (χ0n) is 15.8. The SMILES string of the molecule is Cc1nnnn1CCOc1cccc2[nH]c3cc4[nH]c5ccccc5c4cc3c12. The van der Waals surface area contributed by atoms with E-state index in [1.165, 1.54) is 10.8 Å². The molecule has 0 fully saturated rings. The topological polar surface area (TPSA) is 84.4 Å². The van der Waals surface area contributed by atoms with E-state index in [1.54, 1.807) is 4.68 Å². The van der Waals surface area contributed by atoms with Crippen molar-refractivity contribution in [3.8, 4) is 5.75 Å². The third kappa shape index (κ3) is 2.47. The Hall–Kier alpha value is -3.87. The maximum absolute atomic E-state index is 6.15. The summed E-state index contributed by atoms with van der Waals surface area (Å²) in [7, 11) is 0. The van der Waals surface area contributed by atoms with Crippen LogP contribution in [0.3, 0.4) is 0 Å². The fourth-order valence-corrected chi connectivity index (χ4v) is 4.08. The van der Waals surface area contributed by atoms with Crippen LogP contribution in [-0.4, -0.2) is 36.8 Å². The fraction of sp³-hybridized carbons (Fsp3) is 0.136. The van der Waals surface area contributed by atoms with Crippen LogP contribution < -0.4 is 4.74 Å². The Morgan fingerprint density at radius 2 is 1.69 bits per heavy atom. The molecule has 6 rings (SSSR count). The first-order valence-electron chi connectivity index (χ1n) is 9.58. The lowest BCUT2D eigenvalue weighted by molar-refractivity contribution is 0.291. The van der Waals surface area contributed by atoms with E-state index in [2.05, 4.69) is 68.0 Å². The van der Waals surface area contributed by atoms with E-state index in [-0.39, 0.29) is 0 Å². The summed E-state index contributed by atoms with van der Waals surface area (Å²) in [6.45, 7) is 2.98. The number of H-pyrrole nitrogens is 2. The number of benzene rings is 3. The maximum atomic E-state index is 6.15. The maximum Gasteiger partial charge on any atom is 0.148 e. The van der Waals surface area contributed by atoms with Gasteiger partial charge >= 0.3 is 0 Å². The lowest BCUT2D eigenvalue weighted by Crippen LogP contribution is -2.11. The quantitative estimate of drug-likeness (QED) is 0.475. The fourth-order valence-electron chi connectivity index (χ4n) is 4.08. The Labute approximate surface area is 165 Å². The Balaban J connectivity index is 1.47. The van der Waals surface area contributed by atoms with Gasteiger partial charge in [0.25, 0.3) is 0 Å². The highest BCUT2D eigenvalue weighted by Crippen LogP contribution is 2.37. The molecule has 0 aliphatic heterocycles. The number of rotatable bonds is 4. The van der Waals surface area contributed by atoms with E-state index in [1.807, 2.05) is 19.1 Å². The average Bonchev–Trinajstić information content (AvgIpc) is 3.41. The van der Waals surface area contributed by atoms with Gasteiger partial charge in [-0.25, -0.2) is 4.68 Å². The minimum Gasteiger partial charge on any atom is -0.491 e. The van der Waals surface area contributed by atoms with Crippen molar-refractivity contribution in [3.05, 3.63) is 60.4 Å². The summed E-state index contributed by atoms with van der Waals surface area (Å²) in [5.74, 6) is 1.64. The van der Waals surface area contributed by atoms with Crippen LogP contribution in [0.15, 0.2) is 54.6 Å². The number of para-hydroxylation sites is 1. The molecule has 0 spiro atoms. The Morgan fingerprint density at radius 1 is 0.862 bits per heavy atom. The largest absolute Gasteiger partial charge is 0.491 e. The molecule has 0 saturated heterocycles. The van der Waals surface area contributed by atoms with Gasteiger partial charge in [0.1, 0.15) is 18.2 Å². The van der Waals surface area contributed by atoms with E-state index in [0.717, 1.165) is 44.4 Å². The second-order valence-corrected chi connectivity index (χ2v) is 7.22. The van der Waals surface area contributed by atoms with Gasteiger partial charge in [0.2, 0.25) is 0 Å². The first-order chi connectivity index (χ1) is 14.3. The number of nitrogens with one attached hydrogen (secondary N) is 2. The van der Waals surface area contributed by atoms with Crippen molar-refractivity contribution in [2.45, 2.75) is 13.5 Å². The molecule has 0 atom stereocenters. The summed E-state index contributed by atoms with van der Waals surface area (Å²) >= 11 is 0. The molecule has 0 amide bonds. The Kier molecular flexibility index (Phi) is 3.37. The molecule has 3 heterocycles. The minimum atomic E-state index is 0.493. The summed E-state index contributed by atoms with van der Waals surface area (Å²) in [4.78, 5) is 7.04. The van der Waals surface area contributed by atoms with E-state index in [9.17, 15) is 0 Å². The van der Waals surface area contributed by atoms with Crippen molar-refractivity contribution in [2.24, 2.45) is 0 Å². The zero-order chi connectivity index (χ0) is 19.4. The minimum absolute atomic E-state index is 0.493. The van der Waals surface area contributed by atoms with E-state index in [0.29, 0.717) is 13.2 Å². The highest BCUT2D eigenvalue weighted by atomic mass is 16.5. The molecule has 7 heteroatoms. The number of nitrogens with zero attached hydrogens (tertiary/aromatic N) is 4. The van der Waals surface area contributed by atoms with Crippen LogP contribution in [0.1, 0.15) is 5.82 Å². The molecule has 0 bridgehead atoms.